The van der Waals surface area contributed by atoms with Gasteiger partial charge in [-0.3, -0.25) is 0 Å². The molecule has 0 aromatic heterocycles. The Bertz CT molecular complexity index is 12.8. The first kappa shape index (κ1) is 4.73. The Morgan fingerprint density at radius 2 is 2.00 bits per heavy atom. The number of halogens is 2. The largest absolute Gasteiger partial charge is 0.220 e. The molecule has 0 aliphatic carbocycles. The van der Waals surface area contributed by atoms with Crippen LogP contribution in [0.3, 0.4) is 0 Å². The monoisotopic (exact) mass is 143 g/mol. The molecule has 1 nitrogen and oxygen atoms in total. The van der Waals surface area contributed by atoms with Crippen LogP contribution < -0.4 is 0 Å². The molecule has 0 saturated heterocycles. The summed E-state index contributed by atoms with van der Waals surface area (Å²) in [7, 11) is 0. The molecular weight excluding hydrogens is 143 g/mol. The van der Waals surface area contributed by atoms with Crippen LogP contribution in [0, 0.1) is 0 Å². The Morgan fingerprint density at radius 1 is 2.00 bits per heavy atom. The van der Waals surface area contributed by atoms with Gasteiger partial charge in [-0.2, -0.15) is 0 Å². The smallest absolute Gasteiger partial charge is 0.203 e. The lowest BCUT2D eigenvalue weighted by atomic mass is 11.7. The number of alkyl halides is 2. The molecule has 0 bridgehead atoms. The highest BCUT2D eigenvalue weighted by atomic mass is 79.9. The quantitative estimate of drug-likeness (QED) is 0.457. The molecule has 0 aliphatic heterocycles. The predicted octanol–water partition coefficient (Wildman–Crippen LogP) is 1.33. The van der Waals surface area contributed by atoms with Crippen molar-refractivity contribution in [2.45, 2.75) is 4.47 Å². The van der Waals surface area contributed by atoms with Gasteiger partial charge in [0.2, 0.25) is 4.47 Å². The summed E-state index contributed by atoms with van der Waals surface area (Å²) in [6.07, 6.45) is 0. The minimum absolute atomic E-state index is 1.13. The van der Waals surface area contributed by atoms with Gasteiger partial charge in [0, 0.05) is 0 Å². The van der Waals surface area contributed by atoms with Crippen molar-refractivity contribution in [2.75, 3.05) is 0 Å². The van der Waals surface area contributed by atoms with Gasteiger partial charge in [0.05, 0.1) is 0 Å². The molecule has 0 aromatic carbocycles. The molecule has 25 valence electrons. The molecule has 1 unspecified atom stereocenters. The standard InChI is InChI=1S/CHBrClO/c2-1(3)4/h1H. The molecule has 0 saturated carbocycles. The molecule has 0 heterocycles. The first-order valence-electron chi connectivity index (χ1n) is 0.672. The molecule has 1 atom stereocenters. The van der Waals surface area contributed by atoms with Crippen molar-refractivity contribution in [1.82, 2.24) is 0 Å². The Balaban J connectivity index is 2.32. The van der Waals surface area contributed by atoms with Crippen LogP contribution in [0.2, 0.25) is 0 Å². The maximum absolute atomic E-state index is 9.21. The molecular formula is CHBrClO. The lowest BCUT2D eigenvalue weighted by Crippen LogP contribution is -1.67. The first-order valence-corrected chi connectivity index (χ1v) is 2.02. The van der Waals surface area contributed by atoms with Crippen LogP contribution in [0.15, 0.2) is 0 Å². The Morgan fingerprint density at radius 3 is 2.00 bits per heavy atom. The van der Waals surface area contributed by atoms with Crippen molar-refractivity contribution in [1.29, 1.82) is 0 Å². The van der Waals surface area contributed by atoms with Crippen molar-refractivity contribution in [3.8, 4) is 0 Å². The second-order valence-corrected chi connectivity index (χ2v) is 2.02. The van der Waals surface area contributed by atoms with E-state index < -0.39 is 4.47 Å². The lowest BCUT2D eigenvalue weighted by molar-refractivity contribution is 0.233. The van der Waals surface area contributed by atoms with E-state index in [1.54, 1.807) is 0 Å². The Labute approximate surface area is 37.7 Å². The van der Waals surface area contributed by atoms with Crippen LogP contribution in [0.4, 0.5) is 0 Å². The van der Waals surface area contributed by atoms with E-state index in [-0.39, 0.29) is 0 Å². The number of hydrogen-bond acceptors (Lipinski definition) is 0. The van der Waals surface area contributed by atoms with Gasteiger partial charge >= 0.3 is 0 Å². The maximum Gasteiger partial charge on any atom is 0.220 e. The van der Waals surface area contributed by atoms with Crippen molar-refractivity contribution in [3.05, 3.63) is 0 Å². The van der Waals surface area contributed by atoms with Crippen LogP contribution >= 0.6 is 27.5 Å². The molecule has 0 fully saturated rings. The van der Waals surface area contributed by atoms with Gasteiger partial charge in [-0.15, -0.1) is 0 Å². The third-order valence-corrected chi connectivity index (χ3v) is 0. The van der Waals surface area contributed by atoms with Gasteiger partial charge in [0.1, 0.15) is 0 Å². The van der Waals surface area contributed by atoms with Crippen molar-refractivity contribution in [2.24, 2.45) is 0 Å². The molecule has 0 aliphatic rings. The fourth-order valence-corrected chi connectivity index (χ4v) is 0. The van der Waals surface area contributed by atoms with Crippen LogP contribution in [0.25, 0.3) is 0 Å². The fraction of sp³-hybridized carbons (Fsp3) is 1.00. The lowest BCUT2D eigenvalue weighted by Gasteiger charge is -1.68. The second-order valence-electron chi connectivity index (χ2n) is 0.261. The van der Waals surface area contributed by atoms with E-state index >= 15 is 0 Å². The number of hydrogen-bond donors (Lipinski definition) is 0. The molecule has 1 radical (unpaired) electrons. The van der Waals surface area contributed by atoms with Gasteiger partial charge in [-0.05, 0) is 15.9 Å². The average molecular weight is 144 g/mol. The second kappa shape index (κ2) is 2.00. The van der Waals surface area contributed by atoms with Gasteiger partial charge in [0.15, 0.2) is 0 Å². The van der Waals surface area contributed by atoms with E-state index in [9.17, 15) is 5.11 Å². The van der Waals surface area contributed by atoms with Gasteiger partial charge < -0.3 is 0 Å². The molecule has 0 spiro atoms. The highest BCUT2D eigenvalue weighted by Crippen LogP contribution is 1.96. The minimum atomic E-state index is -1.13. The van der Waals surface area contributed by atoms with Crippen LogP contribution in [-0.4, -0.2) is 4.47 Å². The average Bonchev–Trinajstić information content (AvgIpc) is 0.811. The summed E-state index contributed by atoms with van der Waals surface area (Å²) in [5.74, 6) is 0. The summed E-state index contributed by atoms with van der Waals surface area (Å²) in [6, 6.07) is 0. The molecule has 0 N–H and O–H groups in total. The van der Waals surface area contributed by atoms with E-state index in [4.69, 9.17) is 0 Å². The fourth-order valence-electron chi connectivity index (χ4n) is 0. The van der Waals surface area contributed by atoms with Crippen molar-refractivity contribution < 1.29 is 5.11 Å². The topological polar surface area (TPSA) is 19.9 Å². The zero-order chi connectivity index (χ0) is 3.58. The Kier molecular flexibility index (Phi) is 2.36. The van der Waals surface area contributed by atoms with Gasteiger partial charge in [-0.25, -0.2) is 5.11 Å². The van der Waals surface area contributed by atoms with E-state index in [0.717, 1.165) is 0 Å². The molecule has 0 amide bonds. The minimum Gasteiger partial charge on any atom is -0.203 e. The molecule has 4 heavy (non-hydrogen) atoms. The summed E-state index contributed by atoms with van der Waals surface area (Å²) in [5, 5.41) is 9.21. The number of rotatable bonds is 0. The SMILES string of the molecule is [O]C(Cl)Br. The highest BCUT2D eigenvalue weighted by Gasteiger charge is 1.80. The van der Waals surface area contributed by atoms with Gasteiger partial charge in [0.25, 0.3) is 0 Å². The maximum atomic E-state index is 9.21. The van der Waals surface area contributed by atoms with Crippen molar-refractivity contribution in [3.63, 3.8) is 0 Å². The van der Waals surface area contributed by atoms with Crippen molar-refractivity contribution >= 4 is 27.5 Å². The first-order chi connectivity index (χ1) is 1.73. The van der Waals surface area contributed by atoms with E-state index in [1.807, 2.05) is 0 Å². The third-order valence-electron chi connectivity index (χ3n) is 0. The molecule has 3 heteroatoms. The van der Waals surface area contributed by atoms with E-state index in [1.165, 1.54) is 0 Å². The summed E-state index contributed by atoms with van der Waals surface area (Å²) < 4.78 is -1.13. The summed E-state index contributed by atoms with van der Waals surface area (Å²) in [4.78, 5) is 0. The summed E-state index contributed by atoms with van der Waals surface area (Å²) >= 11 is 7.12. The molecule has 0 aromatic rings. The van der Waals surface area contributed by atoms with Crippen LogP contribution in [0.5, 0.6) is 0 Å². The Hall–Kier alpha value is 0.730. The zero-order valence-electron chi connectivity index (χ0n) is 1.74. The zero-order valence-corrected chi connectivity index (χ0v) is 4.08. The van der Waals surface area contributed by atoms with E-state index in [0.29, 0.717) is 0 Å². The summed E-state index contributed by atoms with van der Waals surface area (Å²) in [6.45, 7) is 0. The third kappa shape index (κ3) is 15.3. The summed E-state index contributed by atoms with van der Waals surface area (Å²) in [5.41, 5.74) is 0. The highest BCUT2D eigenvalue weighted by molar-refractivity contribution is 9.10. The van der Waals surface area contributed by atoms with Gasteiger partial charge in [-0.1, -0.05) is 11.6 Å². The predicted molar refractivity (Wildman–Crippen MR) is 19.3 cm³/mol. The van der Waals surface area contributed by atoms with E-state index in [2.05, 4.69) is 27.5 Å². The normalized spacial score (nSPS) is 15.8. The van der Waals surface area contributed by atoms with Crippen LogP contribution in [0.1, 0.15) is 0 Å². The van der Waals surface area contributed by atoms with Crippen LogP contribution in [-0.2, 0) is 5.11 Å². The molecule has 0 rings (SSSR count).